The Hall–Kier alpha value is -2.12. The average Bonchev–Trinajstić information content (AvgIpc) is 3.30. The quantitative estimate of drug-likeness (QED) is 0.430. The van der Waals surface area contributed by atoms with Crippen LogP contribution in [0.1, 0.15) is 37.2 Å². The highest BCUT2D eigenvalue weighted by Gasteiger charge is 2.19. The highest BCUT2D eigenvalue weighted by atomic mass is 79.9. The first-order valence-corrected chi connectivity index (χ1v) is 9.21. The zero-order chi connectivity index (χ0) is 18.0. The molecule has 0 saturated carbocycles. The minimum Gasteiger partial charge on any atom is -0.467 e. The Morgan fingerprint density at radius 1 is 1.28 bits per heavy atom. The number of rotatable bonds is 6. The summed E-state index contributed by atoms with van der Waals surface area (Å²) in [6.45, 7) is 4.04. The van der Waals surface area contributed by atoms with Crippen LogP contribution in [0, 0.1) is 13.8 Å². The van der Waals surface area contributed by atoms with Gasteiger partial charge in [-0.25, -0.2) is 4.79 Å². The third-order valence-corrected chi connectivity index (χ3v) is 5.53. The number of esters is 1. The number of Topliss-reactive ketones (excluding diaryl/α,β-unsaturated/α-hetero) is 1. The molecule has 0 aliphatic carbocycles. The number of hydrogen-bond donors (Lipinski definition) is 0. The number of aryl methyl sites for hydroxylation is 1. The molecule has 0 aliphatic heterocycles. The maximum absolute atomic E-state index is 12.4. The van der Waals surface area contributed by atoms with Gasteiger partial charge in [-0.05, 0) is 60.1 Å². The lowest BCUT2D eigenvalue weighted by atomic mass is 10.2. The van der Waals surface area contributed by atoms with Gasteiger partial charge in [0.2, 0.25) is 5.78 Å². The molecule has 3 rings (SSSR count). The molecule has 0 amide bonds. The van der Waals surface area contributed by atoms with Gasteiger partial charge in [0.1, 0.15) is 5.76 Å². The van der Waals surface area contributed by atoms with Crippen molar-refractivity contribution in [1.82, 2.24) is 4.57 Å². The Morgan fingerprint density at radius 2 is 2.08 bits per heavy atom. The maximum Gasteiger partial charge on any atom is 0.340 e. The normalized spacial score (nSPS) is 10.8. The van der Waals surface area contributed by atoms with Crippen LogP contribution < -0.4 is 0 Å². The molecule has 5 nitrogen and oxygen atoms in total. The predicted octanol–water partition coefficient (Wildman–Crippen LogP) is 4.61. The largest absolute Gasteiger partial charge is 0.467 e. The van der Waals surface area contributed by atoms with Gasteiger partial charge in [-0.3, -0.25) is 4.79 Å². The van der Waals surface area contributed by atoms with Gasteiger partial charge in [0, 0.05) is 11.4 Å². The Bertz CT molecular complexity index is 908. The number of ether oxygens (including phenoxy) is 1. The number of ketones is 1. The Morgan fingerprint density at radius 3 is 2.72 bits per heavy atom. The highest BCUT2D eigenvalue weighted by molar-refractivity contribution is 9.11. The van der Waals surface area contributed by atoms with Crippen LogP contribution in [0.5, 0.6) is 0 Å². The molecule has 0 aliphatic rings. The second kappa shape index (κ2) is 7.41. The lowest BCUT2D eigenvalue weighted by molar-refractivity contribution is 0.0475. The lowest BCUT2D eigenvalue weighted by Gasteiger charge is -2.08. The Labute approximate surface area is 157 Å². The summed E-state index contributed by atoms with van der Waals surface area (Å²) in [6.07, 6.45) is 1.62. The van der Waals surface area contributed by atoms with Crippen LogP contribution in [0.25, 0.3) is 0 Å². The second-order valence-corrected chi connectivity index (χ2v) is 8.02. The smallest absolute Gasteiger partial charge is 0.340 e. The van der Waals surface area contributed by atoms with Crippen LogP contribution in [0.4, 0.5) is 0 Å². The van der Waals surface area contributed by atoms with E-state index in [4.69, 9.17) is 9.15 Å². The molecule has 7 heteroatoms. The third-order valence-electron chi connectivity index (χ3n) is 3.87. The minimum absolute atomic E-state index is 0.214. The Balaban J connectivity index is 1.69. The maximum atomic E-state index is 12.4. The van der Waals surface area contributed by atoms with Crippen molar-refractivity contribution in [3.05, 3.63) is 68.0 Å². The number of hydrogen-bond acceptors (Lipinski definition) is 5. The number of halogens is 1. The number of aromatic nitrogens is 1. The first kappa shape index (κ1) is 17.7. The monoisotopic (exact) mass is 421 g/mol. The SMILES string of the molecule is Cc1cc(C(=O)OCC(=O)c2ccc(Br)s2)c(C)n1Cc1ccco1. The fourth-order valence-electron chi connectivity index (χ4n) is 2.55. The summed E-state index contributed by atoms with van der Waals surface area (Å²) in [5.41, 5.74) is 2.17. The number of thiophene rings is 1. The molecule has 0 saturated heterocycles. The van der Waals surface area contributed by atoms with Crippen LogP contribution in [0.3, 0.4) is 0 Å². The fourth-order valence-corrected chi connectivity index (χ4v) is 3.86. The van der Waals surface area contributed by atoms with Crippen molar-refractivity contribution >= 4 is 39.0 Å². The van der Waals surface area contributed by atoms with E-state index >= 15 is 0 Å². The van der Waals surface area contributed by atoms with Crippen molar-refractivity contribution in [1.29, 1.82) is 0 Å². The molecule has 3 heterocycles. The van der Waals surface area contributed by atoms with E-state index in [1.54, 1.807) is 24.5 Å². The summed E-state index contributed by atoms with van der Waals surface area (Å²) in [5.74, 6) is 0.0939. The molecule has 0 aromatic carbocycles. The molecule has 0 unspecified atom stereocenters. The van der Waals surface area contributed by atoms with Crippen molar-refractivity contribution in [2.24, 2.45) is 0 Å². The number of furan rings is 1. The van der Waals surface area contributed by atoms with Crippen LogP contribution in [-0.4, -0.2) is 22.9 Å². The highest BCUT2D eigenvalue weighted by Crippen LogP contribution is 2.23. The summed E-state index contributed by atoms with van der Waals surface area (Å²) in [6, 6.07) is 8.98. The first-order chi connectivity index (χ1) is 12.0. The molecule has 3 aromatic heterocycles. The molecule has 0 bridgehead atoms. The van der Waals surface area contributed by atoms with Crippen molar-refractivity contribution in [2.75, 3.05) is 6.61 Å². The molecular weight excluding hydrogens is 406 g/mol. The molecular formula is C18H16BrNO4S. The van der Waals surface area contributed by atoms with Gasteiger partial charge in [-0.1, -0.05) is 0 Å². The van der Waals surface area contributed by atoms with Gasteiger partial charge >= 0.3 is 5.97 Å². The van der Waals surface area contributed by atoms with E-state index in [9.17, 15) is 9.59 Å². The third kappa shape index (κ3) is 3.93. The zero-order valence-electron chi connectivity index (χ0n) is 13.7. The summed E-state index contributed by atoms with van der Waals surface area (Å²) in [4.78, 5) is 25.0. The van der Waals surface area contributed by atoms with Gasteiger partial charge in [0.25, 0.3) is 0 Å². The first-order valence-electron chi connectivity index (χ1n) is 7.60. The van der Waals surface area contributed by atoms with Crippen LogP contribution >= 0.6 is 27.3 Å². The number of carbonyl (C=O) groups excluding carboxylic acids is 2. The molecule has 25 heavy (non-hydrogen) atoms. The van der Waals surface area contributed by atoms with E-state index in [-0.39, 0.29) is 12.4 Å². The summed E-state index contributed by atoms with van der Waals surface area (Å²) in [7, 11) is 0. The van der Waals surface area contributed by atoms with Gasteiger partial charge in [-0.2, -0.15) is 0 Å². The van der Waals surface area contributed by atoms with E-state index in [2.05, 4.69) is 15.9 Å². The summed E-state index contributed by atoms with van der Waals surface area (Å²) < 4.78 is 13.4. The van der Waals surface area contributed by atoms with Crippen molar-refractivity contribution < 1.29 is 18.7 Å². The van der Waals surface area contributed by atoms with E-state index < -0.39 is 5.97 Å². The minimum atomic E-state index is -0.497. The summed E-state index contributed by atoms with van der Waals surface area (Å²) >= 11 is 4.63. The van der Waals surface area contributed by atoms with E-state index in [0.29, 0.717) is 17.0 Å². The topological polar surface area (TPSA) is 61.4 Å². The molecule has 130 valence electrons. The van der Waals surface area contributed by atoms with Gasteiger partial charge in [0.15, 0.2) is 6.61 Å². The molecule has 0 atom stereocenters. The molecule has 3 aromatic rings. The van der Waals surface area contributed by atoms with E-state index in [1.807, 2.05) is 30.5 Å². The number of carbonyl (C=O) groups is 2. The van der Waals surface area contributed by atoms with Crippen molar-refractivity contribution in [3.8, 4) is 0 Å². The van der Waals surface area contributed by atoms with Gasteiger partial charge < -0.3 is 13.7 Å². The molecule has 0 fully saturated rings. The Kier molecular flexibility index (Phi) is 5.24. The van der Waals surface area contributed by atoms with Crippen LogP contribution in [0.2, 0.25) is 0 Å². The fraction of sp³-hybridized carbons (Fsp3) is 0.222. The van der Waals surface area contributed by atoms with Crippen LogP contribution in [0.15, 0.2) is 44.8 Å². The van der Waals surface area contributed by atoms with Crippen molar-refractivity contribution in [2.45, 2.75) is 20.4 Å². The van der Waals surface area contributed by atoms with Crippen LogP contribution in [-0.2, 0) is 11.3 Å². The molecule has 0 spiro atoms. The van der Waals surface area contributed by atoms with Gasteiger partial charge in [-0.15, -0.1) is 11.3 Å². The average molecular weight is 422 g/mol. The van der Waals surface area contributed by atoms with E-state index in [1.165, 1.54) is 11.3 Å². The zero-order valence-corrected chi connectivity index (χ0v) is 16.1. The van der Waals surface area contributed by atoms with Gasteiger partial charge in [0.05, 0.1) is 27.0 Å². The lowest BCUT2D eigenvalue weighted by Crippen LogP contribution is -2.14. The van der Waals surface area contributed by atoms with E-state index in [0.717, 1.165) is 20.9 Å². The second-order valence-electron chi connectivity index (χ2n) is 5.55. The van der Waals surface area contributed by atoms with Crippen molar-refractivity contribution in [3.63, 3.8) is 0 Å². The molecule has 0 N–H and O–H groups in total. The standard InChI is InChI=1S/C18H16BrNO4S/c1-11-8-14(12(2)20(11)9-13-4-3-7-23-13)18(22)24-10-15(21)16-5-6-17(19)25-16/h3-8H,9-10H2,1-2H3. The molecule has 0 radical (unpaired) electrons. The summed E-state index contributed by atoms with van der Waals surface area (Å²) in [5, 5.41) is 0. The number of nitrogens with zero attached hydrogens (tertiary/aromatic N) is 1. The predicted molar refractivity (Wildman–Crippen MR) is 98.3 cm³/mol.